The zero-order chi connectivity index (χ0) is 19.2. The van der Waals surface area contributed by atoms with Crippen molar-refractivity contribution in [1.29, 1.82) is 0 Å². The summed E-state index contributed by atoms with van der Waals surface area (Å²) in [5, 5.41) is 19.7. The molecular weight excluding hydrogens is 334 g/mol. The standard InChI is InChI=1S/C19H23N3O4/c1-4-5-10-19(25,20-3)13(2)18(24)26-16-8-6-14(7-9-16)17-21-11-15(23)12-22-17/h6-9,11-13,23,25H,3-5,10H2,1-2H3. The Morgan fingerprint density at radius 3 is 2.46 bits per heavy atom. The minimum absolute atomic E-state index is 0.0142. The number of hydrogen-bond donors (Lipinski definition) is 2. The van der Waals surface area contributed by atoms with Crippen molar-refractivity contribution in [2.45, 2.75) is 38.8 Å². The lowest BCUT2D eigenvalue weighted by atomic mass is 9.93. The molecule has 7 nitrogen and oxygen atoms in total. The van der Waals surface area contributed by atoms with Gasteiger partial charge in [-0.25, -0.2) is 9.97 Å². The molecule has 138 valence electrons. The first-order chi connectivity index (χ1) is 12.4. The summed E-state index contributed by atoms with van der Waals surface area (Å²) in [6.45, 7) is 6.97. The second-order valence-corrected chi connectivity index (χ2v) is 6.07. The van der Waals surface area contributed by atoms with Gasteiger partial charge >= 0.3 is 5.97 Å². The summed E-state index contributed by atoms with van der Waals surface area (Å²) in [5.74, 6) is -0.652. The molecule has 0 amide bonds. The average Bonchev–Trinajstić information content (AvgIpc) is 2.66. The number of rotatable bonds is 8. The Hall–Kier alpha value is -2.80. The van der Waals surface area contributed by atoms with Gasteiger partial charge in [-0.3, -0.25) is 9.79 Å². The third-order valence-corrected chi connectivity index (χ3v) is 4.19. The van der Waals surface area contributed by atoms with Gasteiger partial charge in [0.05, 0.1) is 12.4 Å². The van der Waals surface area contributed by atoms with E-state index in [0.29, 0.717) is 23.6 Å². The number of aromatic nitrogens is 2. The normalized spacial score (nSPS) is 14.3. The molecule has 2 N–H and O–H groups in total. The summed E-state index contributed by atoms with van der Waals surface area (Å²) in [6, 6.07) is 6.63. The monoisotopic (exact) mass is 357 g/mol. The molecule has 26 heavy (non-hydrogen) atoms. The zero-order valence-corrected chi connectivity index (χ0v) is 14.9. The summed E-state index contributed by atoms with van der Waals surface area (Å²) >= 11 is 0. The van der Waals surface area contributed by atoms with Crippen molar-refractivity contribution in [2.75, 3.05) is 0 Å². The number of benzene rings is 1. The minimum Gasteiger partial charge on any atom is -0.505 e. The lowest BCUT2D eigenvalue weighted by Gasteiger charge is -2.28. The molecule has 2 rings (SSSR count). The van der Waals surface area contributed by atoms with E-state index in [1.807, 2.05) is 6.92 Å². The number of carbonyl (C=O) groups is 1. The third-order valence-electron chi connectivity index (χ3n) is 4.19. The van der Waals surface area contributed by atoms with Crippen molar-refractivity contribution in [3.8, 4) is 22.9 Å². The fraction of sp³-hybridized carbons (Fsp3) is 0.368. The van der Waals surface area contributed by atoms with Crippen LogP contribution < -0.4 is 4.74 Å². The predicted octanol–water partition coefficient (Wildman–Crippen LogP) is 2.97. The molecule has 0 spiro atoms. The maximum absolute atomic E-state index is 12.4. The molecule has 1 aromatic carbocycles. The van der Waals surface area contributed by atoms with E-state index in [-0.39, 0.29) is 5.75 Å². The maximum atomic E-state index is 12.4. The second kappa shape index (κ2) is 8.53. The van der Waals surface area contributed by atoms with E-state index in [0.717, 1.165) is 12.8 Å². The Kier molecular flexibility index (Phi) is 6.41. The van der Waals surface area contributed by atoms with E-state index in [1.165, 1.54) is 12.4 Å². The fourth-order valence-electron chi connectivity index (χ4n) is 2.41. The van der Waals surface area contributed by atoms with E-state index in [2.05, 4.69) is 21.7 Å². The van der Waals surface area contributed by atoms with Crippen LogP contribution in [0.2, 0.25) is 0 Å². The molecule has 0 radical (unpaired) electrons. The van der Waals surface area contributed by atoms with Crippen molar-refractivity contribution in [2.24, 2.45) is 10.9 Å². The van der Waals surface area contributed by atoms with E-state index in [9.17, 15) is 15.0 Å². The highest BCUT2D eigenvalue weighted by Crippen LogP contribution is 2.27. The Morgan fingerprint density at radius 2 is 1.92 bits per heavy atom. The number of esters is 1. The van der Waals surface area contributed by atoms with Crippen molar-refractivity contribution < 1.29 is 19.7 Å². The number of unbranched alkanes of at least 4 members (excludes halogenated alkanes) is 1. The molecule has 2 aromatic rings. The van der Waals surface area contributed by atoms with Crippen LogP contribution in [0, 0.1) is 5.92 Å². The van der Waals surface area contributed by atoms with Crippen LogP contribution >= 0.6 is 0 Å². The molecule has 0 aliphatic rings. The van der Waals surface area contributed by atoms with Gasteiger partial charge in [0.15, 0.2) is 17.3 Å². The smallest absolute Gasteiger partial charge is 0.319 e. The van der Waals surface area contributed by atoms with Crippen LogP contribution in [0.15, 0.2) is 41.7 Å². The van der Waals surface area contributed by atoms with E-state index >= 15 is 0 Å². The summed E-state index contributed by atoms with van der Waals surface area (Å²) in [7, 11) is 0. The van der Waals surface area contributed by atoms with Crippen LogP contribution in [0.5, 0.6) is 11.5 Å². The Balaban J connectivity index is 2.06. The number of nitrogens with zero attached hydrogens (tertiary/aromatic N) is 3. The molecule has 1 aromatic heterocycles. The topological polar surface area (TPSA) is 105 Å². The molecule has 0 saturated carbocycles. The lowest BCUT2D eigenvalue weighted by Crippen LogP contribution is -2.40. The molecule has 2 unspecified atom stereocenters. The summed E-state index contributed by atoms with van der Waals surface area (Å²) in [6.07, 6.45) is 4.56. The van der Waals surface area contributed by atoms with Gasteiger partial charge in [-0.15, -0.1) is 0 Å². The van der Waals surface area contributed by atoms with Crippen molar-refractivity contribution in [3.63, 3.8) is 0 Å². The third kappa shape index (κ3) is 4.64. The zero-order valence-electron chi connectivity index (χ0n) is 14.9. The van der Waals surface area contributed by atoms with Crippen LogP contribution in [0.25, 0.3) is 11.4 Å². The first kappa shape index (κ1) is 19.5. The largest absolute Gasteiger partial charge is 0.505 e. The van der Waals surface area contributed by atoms with Crippen molar-refractivity contribution >= 4 is 12.7 Å². The van der Waals surface area contributed by atoms with Crippen molar-refractivity contribution in [3.05, 3.63) is 36.7 Å². The van der Waals surface area contributed by atoms with Crippen LogP contribution in [0.3, 0.4) is 0 Å². The number of aliphatic imine (C=N–C) groups is 1. The quantitative estimate of drug-likeness (QED) is 0.427. The van der Waals surface area contributed by atoms with Gasteiger partial charge in [0.1, 0.15) is 11.7 Å². The fourth-order valence-corrected chi connectivity index (χ4v) is 2.41. The van der Waals surface area contributed by atoms with E-state index in [4.69, 9.17) is 4.74 Å². The van der Waals surface area contributed by atoms with E-state index in [1.54, 1.807) is 31.2 Å². The Morgan fingerprint density at radius 1 is 1.31 bits per heavy atom. The van der Waals surface area contributed by atoms with Gasteiger partial charge in [0.2, 0.25) is 0 Å². The first-order valence-electron chi connectivity index (χ1n) is 8.43. The van der Waals surface area contributed by atoms with Gasteiger partial charge in [-0.05, 0) is 50.7 Å². The molecule has 0 saturated heterocycles. The number of carbonyl (C=O) groups excluding carboxylic acids is 1. The van der Waals surface area contributed by atoms with Crippen LogP contribution in [-0.4, -0.2) is 38.6 Å². The maximum Gasteiger partial charge on any atom is 0.319 e. The predicted molar refractivity (Wildman–Crippen MR) is 98.0 cm³/mol. The number of hydrogen-bond acceptors (Lipinski definition) is 7. The minimum atomic E-state index is -1.53. The number of ether oxygens (including phenoxy) is 1. The van der Waals surface area contributed by atoms with Gasteiger partial charge in [0.25, 0.3) is 0 Å². The SMILES string of the molecule is C=NC(O)(CCCC)C(C)C(=O)Oc1ccc(-c2ncc(O)cn2)cc1. The van der Waals surface area contributed by atoms with Crippen molar-refractivity contribution in [1.82, 2.24) is 9.97 Å². The van der Waals surface area contributed by atoms with Crippen LogP contribution in [0.1, 0.15) is 33.1 Å². The molecule has 0 fully saturated rings. The van der Waals surface area contributed by atoms with Crippen LogP contribution in [0.4, 0.5) is 0 Å². The first-order valence-corrected chi connectivity index (χ1v) is 8.43. The molecule has 0 aliphatic carbocycles. The Bertz CT molecular complexity index is 746. The molecule has 0 bridgehead atoms. The highest BCUT2D eigenvalue weighted by molar-refractivity contribution is 5.76. The highest BCUT2D eigenvalue weighted by Gasteiger charge is 2.38. The molecule has 7 heteroatoms. The summed E-state index contributed by atoms with van der Waals surface area (Å²) in [5.41, 5.74) is -0.822. The average molecular weight is 357 g/mol. The number of aromatic hydroxyl groups is 1. The van der Waals surface area contributed by atoms with Gasteiger partial charge < -0.3 is 14.9 Å². The van der Waals surface area contributed by atoms with Crippen LogP contribution in [-0.2, 0) is 4.79 Å². The molecule has 2 atom stereocenters. The highest BCUT2D eigenvalue weighted by atomic mass is 16.5. The number of aliphatic hydroxyl groups is 1. The molecular formula is C19H23N3O4. The van der Waals surface area contributed by atoms with E-state index < -0.39 is 17.6 Å². The molecule has 1 heterocycles. The second-order valence-electron chi connectivity index (χ2n) is 6.07. The lowest BCUT2D eigenvalue weighted by molar-refractivity contribution is -0.148. The Labute approximate surface area is 152 Å². The summed E-state index contributed by atoms with van der Waals surface area (Å²) in [4.78, 5) is 24.1. The van der Waals surface area contributed by atoms with Gasteiger partial charge in [-0.2, -0.15) is 0 Å². The van der Waals surface area contributed by atoms with Gasteiger partial charge in [0, 0.05) is 5.56 Å². The van der Waals surface area contributed by atoms with Gasteiger partial charge in [-0.1, -0.05) is 13.3 Å². The molecule has 0 aliphatic heterocycles. The summed E-state index contributed by atoms with van der Waals surface area (Å²) < 4.78 is 5.35.